The van der Waals surface area contributed by atoms with Crippen LogP contribution in [0.25, 0.3) is 10.8 Å². The summed E-state index contributed by atoms with van der Waals surface area (Å²) in [5.74, 6) is -0.373. The van der Waals surface area contributed by atoms with Gasteiger partial charge >= 0.3 is 5.97 Å². The lowest BCUT2D eigenvalue weighted by Gasteiger charge is -2.17. The normalized spacial score (nSPS) is 15.9. The molecule has 1 N–H and O–H groups in total. The van der Waals surface area contributed by atoms with Crippen molar-refractivity contribution in [2.45, 2.75) is 49.6 Å². The average molecular weight is 357 g/mol. The fraction of sp³-hybridized carbons (Fsp3) is 0.400. The fourth-order valence-electron chi connectivity index (χ4n) is 3.07. The van der Waals surface area contributed by atoms with Gasteiger partial charge in [-0.2, -0.15) is 0 Å². The summed E-state index contributed by atoms with van der Waals surface area (Å²) in [5, 5.41) is 5.27. The molecule has 2 aromatic rings. The Bertz CT molecular complexity index is 755. The molecule has 0 spiro atoms. The molecule has 132 valence electrons. The van der Waals surface area contributed by atoms with Gasteiger partial charge in [-0.25, -0.2) is 0 Å². The van der Waals surface area contributed by atoms with Crippen LogP contribution in [0, 0.1) is 0 Å². The maximum Gasteiger partial charge on any atom is 0.317 e. The number of thioether (sulfide) groups is 1. The molecule has 1 fully saturated rings. The van der Waals surface area contributed by atoms with Crippen molar-refractivity contribution in [2.75, 3.05) is 5.75 Å². The summed E-state index contributed by atoms with van der Waals surface area (Å²) >= 11 is 1.42. The highest BCUT2D eigenvalue weighted by atomic mass is 32.2. The quantitative estimate of drug-likeness (QED) is 0.629. The Morgan fingerprint density at radius 2 is 1.88 bits per heavy atom. The summed E-state index contributed by atoms with van der Waals surface area (Å²) in [6, 6.07) is 14.4. The van der Waals surface area contributed by atoms with E-state index in [0.29, 0.717) is 0 Å². The molecule has 4 nitrogen and oxygen atoms in total. The van der Waals surface area contributed by atoms with E-state index in [-0.39, 0.29) is 23.7 Å². The first-order valence-corrected chi connectivity index (χ1v) is 9.72. The van der Waals surface area contributed by atoms with Gasteiger partial charge in [-0.1, -0.05) is 43.2 Å². The minimum atomic E-state index is -0.745. The largest absolute Gasteiger partial charge is 0.452 e. The lowest BCUT2D eigenvalue weighted by molar-refractivity contribution is -0.152. The molecular weight excluding hydrogens is 334 g/mol. The number of carbonyl (C=O) groups is 2. The van der Waals surface area contributed by atoms with Gasteiger partial charge in [0.1, 0.15) is 0 Å². The Hall–Kier alpha value is -2.01. The zero-order valence-electron chi connectivity index (χ0n) is 14.4. The number of esters is 1. The van der Waals surface area contributed by atoms with Crippen LogP contribution in [-0.4, -0.2) is 29.8 Å². The molecule has 25 heavy (non-hydrogen) atoms. The van der Waals surface area contributed by atoms with Gasteiger partial charge < -0.3 is 10.1 Å². The van der Waals surface area contributed by atoms with Gasteiger partial charge in [0.15, 0.2) is 6.10 Å². The highest BCUT2D eigenvalue weighted by molar-refractivity contribution is 8.00. The lowest BCUT2D eigenvalue weighted by atomic mass is 10.1. The maximum atomic E-state index is 12.1. The molecule has 0 saturated heterocycles. The molecule has 1 amide bonds. The molecule has 1 atom stereocenters. The Kier molecular flexibility index (Phi) is 5.97. The van der Waals surface area contributed by atoms with Crippen LogP contribution in [0.4, 0.5) is 0 Å². The van der Waals surface area contributed by atoms with E-state index in [1.807, 2.05) is 30.3 Å². The first-order valence-electron chi connectivity index (χ1n) is 8.73. The molecule has 3 rings (SSSR count). The van der Waals surface area contributed by atoms with Crippen molar-refractivity contribution in [3.05, 3.63) is 42.5 Å². The number of hydrogen-bond donors (Lipinski definition) is 1. The summed E-state index contributed by atoms with van der Waals surface area (Å²) < 4.78 is 5.26. The third-order valence-electron chi connectivity index (χ3n) is 4.46. The molecule has 1 aliphatic rings. The third kappa shape index (κ3) is 4.98. The van der Waals surface area contributed by atoms with Crippen LogP contribution >= 0.6 is 11.8 Å². The van der Waals surface area contributed by atoms with Crippen LogP contribution in [-0.2, 0) is 14.3 Å². The van der Waals surface area contributed by atoms with Gasteiger partial charge in [-0.15, -0.1) is 11.8 Å². The summed E-state index contributed by atoms with van der Waals surface area (Å²) in [5.41, 5.74) is 0. The van der Waals surface area contributed by atoms with Crippen molar-refractivity contribution in [3.63, 3.8) is 0 Å². The van der Waals surface area contributed by atoms with E-state index in [1.54, 1.807) is 6.92 Å². The first kappa shape index (κ1) is 17.8. The van der Waals surface area contributed by atoms with Gasteiger partial charge in [-0.3, -0.25) is 9.59 Å². The number of benzene rings is 2. The predicted molar refractivity (Wildman–Crippen MR) is 101 cm³/mol. The number of amides is 1. The van der Waals surface area contributed by atoms with E-state index >= 15 is 0 Å². The Balaban J connectivity index is 1.47. The van der Waals surface area contributed by atoms with E-state index < -0.39 is 6.10 Å². The van der Waals surface area contributed by atoms with Crippen molar-refractivity contribution in [2.24, 2.45) is 0 Å². The van der Waals surface area contributed by atoms with Crippen LogP contribution in [0.15, 0.2) is 47.4 Å². The number of fused-ring (bicyclic) bond motifs is 1. The van der Waals surface area contributed by atoms with Gasteiger partial charge in [0.2, 0.25) is 0 Å². The van der Waals surface area contributed by atoms with Crippen LogP contribution in [0.2, 0.25) is 0 Å². The zero-order valence-corrected chi connectivity index (χ0v) is 15.2. The van der Waals surface area contributed by atoms with E-state index in [1.165, 1.54) is 17.1 Å². The average Bonchev–Trinajstić information content (AvgIpc) is 3.12. The maximum absolute atomic E-state index is 12.1. The standard InChI is InChI=1S/C20H23NO3S/c1-14(20(23)21-17-8-4-5-9-17)24-19(22)13-25-18-11-10-15-6-2-3-7-16(15)12-18/h2-3,6-7,10-12,14,17H,4-5,8-9,13H2,1H3,(H,21,23)/t14-/m1/s1. The zero-order chi connectivity index (χ0) is 17.6. The number of carbonyl (C=O) groups excluding carboxylic acids is 2. The first-order chi connectivity index (χ1) is 12.1. The van der Waals surface area contributed by atoms with Gasteiger partial charge in [-0.05, 0) is 42.7 Å². The lowest BCUT2D eigenvalue weighted by Crippen LogP contribution is -2.41. The molecule has 0 radical (unpaired) electrons. The highest BCUT2D eigenvalue weighted by Gasteiger charge is 2.23. The van der Waals surface area contributed by atoms with Crippen LogP contribution in [0.3, 0.4) is 0 Å². The summed E-state index contributed by atoms with van der Waals surface area (Å²) in [6.07, 6.45) is 3.60. The molecule has 1 aliphatic carbocycles. The molecule has 0 unspecified atom stereocenters. The molecule has 0 aromatic heterocycles. The van der Waals surface area contributed by atoms with Gasteiger partial charge in [0.25, 0.3) is 5.91 Å². The second-order valence-electron chi connectivity index (χ2n) is 6.42. The smallest absolute Gasteiger partial charge is 0.317 e. The van der Waals surface area contributed by atoms with E-state index in [0.717, 1.165) is 36.0 Å². The number of nitrogens with one attached hydrogen (secondary N) is 1. The molecule has 0 aliphatic heterocycles. The molecule has 1 saturated carbocycles. The van der Waals surface area contributed by atoms with Crippen molar-refractivity contribution in [1.82, 2.24) is 5.32 Å². The van der Waals surface area contributed by atoms with Crippen molar-refractivity contribution in [3.8, 4) is 0 Å². The second kappa shape index (κ2) is 8.39. The topological polar surface area (TPSA) is 55.4 Å². The fourth-order valence-corrected chi connectivity index (χ4v) is 3.80. The van der Waals surface area contributed by atoms with Crippen LogP contribution < -0.4 is 5.32 Å². The second-order valence-corrected chi connectivity index (χ2v) is 7.47. The van der Waals surface area contributed by atoms with Crippen molar-refractivity contribution in [1.29, 1.82) is 0 Å². The Morgan fingerprint density at radius 3 is 2.64 bits per heavy atom. The van der Waals surface area contributed by atoms with Gasteiger partial charge in [0, 0.05) is 10.9 Å². The van der Waals surface area contributed by atoms with E-state index in [2.05, 4.69) is 17.4 Å². The molecule has 5 heteroatoms. The van der Waals surface area contributed by atoms with E-state index in [9.17, 15) is 9.59 Å². The van der Waals surface area contributed by atoms with Crippen LogP contribution in [0.5, 0.6) is 0 Å². The summed E-state index contributed by atoms with van der Waals surface area (Å²) in [6.45, 7) is 1.63. The highest BCUT2D eigenvalue weighted by Crippen LogP contribution is 2.24. The minimum Gasteiger partial charge on any atom is -0.452 e. The van der Waals surface area contributed by atoms with Crippen LogP contribution in [0.1, 0.15) is 32.6 Å². The Labute approximate surface area is 152 Å². The molecule has 0 bridgehead atoms. The minimum absolute atomic E-state index is 0.194. The Morgan fingerprint density at radius 1 is 1.16 bits per heavy atom. The third-order valence-corrected chi connectivity index (χ3v) is 5.42. The van der Waals surface area contributed by atoms with Crippen molar-refractivity contribution >= 4 is 34.4 Å². The number of ether oxygens (including phenoxy) is 1. The number of rotatable bonds is 6. The summed E-state index contributed by atoms with van der Waals surface area (Å²) in [7, 11) is 0. The monoisotopic (exact) mass is 357 g/mol. The van der Waals surface area contributed by atoms with Gasteiger partial charge in [0.05, 0.1) is 5.75 Å². The van der Waals surface area contributed by atoms with E-state index in [4.69, 9.17) is 4.74 Å². The SMILES string of the molecule is C[C@@H](OC(=O)CSc1ccc2ccccc2c1)C(=O)NC1CCCC1. The molecular formula is C20H23NO3S. The number of hydrogen-bond acceptors (Lipinski definition) is 4. The summed E-state index contributed by atoms with van der Waals surface area (Å²) in [4.78, 5) is 25.1. The molecule has 2 aromatic carbocycles. The molecule has 0 heterocycles. The van der Waals surface area contributed by atoms with Crippen molar-refractivity contribution < 1.29 is 14.3 Å². The predicted octanol–water partition coefficient (Wildman–Crippen LogP) is 3.92.